The highest BCUT2D eigenvalue weighted by Crippen LogP contribution is 2.11. The van der Waals surface area contributed by atoms with Crippen LogP contribution in [0.4, 0.5) is 0 Å². The predicted molar refractivity (Wildman–Crippen MR) is 81.4 cm³/mol. The predicted octanol–water partition coefficient (Wildman–Crippen LogP) is 1.99. The van der Waals surface area contributed by atoms with Crippen molar-refractivity contribution in [3.8, 4) is 0 Å². The molecule has 0 aromatic carbocycles. The minimum atomic E-state index is -0.431. The first-order valence-electron chi connectivity index (χ1n) is 6.73. The molecule has 7 heteroatoms. The van der Waals surface area contributed by atoms with E-state index in [1.165, 1.54) is 12.3 Å². The maximum absolute atomic E-state index is 11.8. The molecule has 7 nitrogen and oxygen atoms in total. The standard InChI is InChI=1S/C15H18N4O3/c1-9-13(11(3)22-19-9)8-17-6-4-14(16)18-15(20)12-5-7-21-10(12)2/h4-7,17H,8H2,1-3H3,(H2,16,18,20)/b6-4-. The highest BCUT2D eigenvalue weighted by atomic mass is 16.5. The number of hydrogen-bond donors (Lipinski definition) is 2. The van der Waals surface area contributed by atoms with Crippen molar-refractivity contribution < 1.29 is 13.7 Å². The van der Waals surface area contributed by atoms with E-state index in [-0.39, 0.29) is 5.84 Å². The Morgan fingerprint density at radius 1 is 1.41 bits per heavy atom. The minimum Gasteiger partial charge on any atom is -0.469 e. The molecular formula is C15H18N4O3. The van der Waals surface area contributed by atoms with Crippen LogP contribution in [0.2, 0.25) is 0 Å². The van der Waals surface area contributed by atoms with Crippen LogP contribution in [0.1, 0.15) is 33.1 Å². The average Bonchev–Trinajstić information content (AvgIpc) is 3.02. The summed E-state index contributed by atoms with van der Waals surface area (Å²) >= 11 is 0. The molecule has 1 amide bonds. The summed E-state index contributed by atoms with van der Waals surface area (Å²) in [5, 5.41) is 6.91. The molecule has 2 aromatic heterocycles. The number of nitrogens with one attached hydrogen (secondary N) is 1. The van der Waals surface area contributed by atoms with E-state index in [9.17, 15) is 4.79 Å². The number of rotatable bonds is 5. The second-order valence-electron chi connectivity index (χ2n) is 4.75. The normalized spacial score (nSPS) is 12.0. The molecule has 0 saturated heterocycles. The van der Waals surface area contributed by atoms with Gasteiger partial charge in [-0.05, 0) is 32.9 Å². The highest BCUT2D eigenvalue weighted by molar-refractivity contribution is 6.06. The van der Waals surface area contributed by atoms with Crippen LogP contribution in [0, 0.1) is 20.8 Å². The summed E-state index contributed by atoms with van der Waals surface area (Å²) in [6.07, 6.45) is 4.58. The molecule has 0 aliphatic heterocycles. The summed E-state index contributed by atoms with van der Waals surface area (Å²) in [5.41, 5.74) is 7.92. The minimum absolute atomic E-state index is 0.108. The van der Waals surface area contributed by atoms with E-state index < -0.39 is 5.91 Å². The van der Waals surface area contributed by atoms with Crippen molar-refractivity contribution in [3.05, 3.63) is 52.9 Å². The molecule has 0 unspecified atom stereocenters. The number of aliphatic imine (C=N–C) groups is 1. The molecule has 0 spiro atoms. The number of furan rings is 1. The van der Waals surface area contributed by atoms with Crippen LogP contribution >= 0.6 is 0 Å². The van der Waals surface area contributed by atoms with Gasteiger partial charge in [-0.2, -0.15) is 4.99 Å². The van der Waals surface area contributed by atoms with Crippen LogP contribution in [0.5, 0.6) is 0 Å². The fraction of sp³-hybridized carbons (Fsp3) is 0.267. The van der Waals surface area contributed by atoms with Gasteiger partial charge in [0.25, 0.3) is 5.91 Å². The lowest BCUT2D eigenvalue weighted by molar-refractivity contribution is 0.100. The summed E-state index contributed by atoms with van der Waals surface area (Å²) in [5.74, 6) is 0.962. The first-order valence-corrected chi connectivity index (χ1v) is 6.73. The van der Waals surface area contributed by atoms with Crippen LogP contribution in [0.25, 0.3) is 0 Å². The van der Waals surface area contributed by atoms with E-state index in [1.807, 2.05) is 13.8 Å². The molecule has 3 N–H and O–H groups in total. The molecule has 0 aliphatic rings. The Labute approximate surface area is 127 Å². The van der Waals surface area contributed by atoms with Gasteiger partial charge < -0.3 is 20.0 Å². The largest absolute Gasteiger partial charge is 0.469 e. The first kappa shape index (κ1) is 15.6. The summed E-state index contributed by atoms with van der Waals surface area (Å²) in [6, 6.07) is 1.56. The lowest BCUT2D eigenvalue weighted by Gasteiger charge is -1.99. The SMILES string of the molecule is Cc1noc(C)c1CN/C=C\C(N)=NC(=O)c1ccoc1C. The van der Waals surface area contributed by atoms with Gasteiger partial charge in [-0.25, -0.2) is 0 Å². The Morgan fingerprint density at radius 3 is 2.77 bits per heavy atom. The van der Waals surface area contributed by atoms with Crippen LogP contribution in [0.3, 0.4) is 0 Å². The van der Waals surface area contributed by atoms with Gasteiger partial charge in [-0.15, -0.1) is 0 Å². The van der Waals surface area contributed by atoms with Crippen LogP contribution in [-0.4, -0.2) is 16.9 Å². The topological polar surface area (TPSA) is 107 Å². The van der Waals surface area contributed by atoms with E-state index in [4.69, 9.17) is 14.7 Å². The second-order valence-corrected chi connectivity index (χ2v) is 4.75. The van der Waals surface area contributed by atoms with E-state index >= 15 is 0 Å². The number of amidine groups is 1. The molecule has 0 aliphatic carbocycles. The number of aromatic nitrogens is 1. The highest BCUT2D eigenvalue weighted by Gasteiger charge is 2.10. The Hall–Kier alpha value is -2.83. The van der Waals surface area contributed by atoms with Crippen LogP contribution < -0.4 is 11.1 Å². The molecule has 2 aromatic rings. The number of carbonyl (C=O) groups excluding carboxylic acids is 1. The Kier molecular flexibility index (Phi) is 4.77. The van der Waals surface area contributed by atoms with E-state index in [2.05, 4.69) is 15.5 Å². The maximum atomic E-state index is 11.8. The summed E-state index contributed by atoms with van der Waals surface area (Å²) in [4.78, 5) is 15.6. The zero-order chi connectivity index (χ0) is 16.1. The van der Waals surface area contributed by atoms with Gasteiger partial charge in [0.2, 0.25) is 0 Å². The molecule has 2 heterocycles. The molecule has 0 radical (unpaired) electrons. The number of nitrogens with two attached hydrogens (primary N) is 1. The summed E-state index contributed by atoms with van der Waals surface area (Å²) in [7, 11) is 0. The van der Waals surface area contributed by atoms with Crippen LogP contribution in [0.15, 0.2) is 38.5 Å². The molecular weight excluding hydrogens is 284 g/mol. The second kappa shape index (κ2) is 6.75. The van der Waals surface area contributed by atoms with Crippen molar-refractivity contribution in [3.63, 3.8) is 0 Å². The number of carbonyl (C=O) groups is 1. The lowest BCUT2D eigenvalue weighted by Crippen LogP contribution is -2.14. The smallest absolute Gasteiger partial charge is 0.282 e. The van der Waals surface area contributed by atoms with Gasteiger partial charge in [0.05, 0.1) is 17.5 Å². The first-order chi connectivity index (χ1) is 10.5. The van der Waals surface area contributed by atoms with E-state index in [0.29, 0.717) is 17.9 Å². The summed E-state index contributed by atoms with van der Waals surface area (Å²) in [6.45, 7) is 5.97. The average molecular weight is 302 g/mol. The van der Waals surface area contributed by atoms with Gasteiger partial charge in [0, 0.05) is 18.3 Å². The van der Waals surface area contributed by atoms with Crippen LogP contribution in [-0.2, 0) is 6.54 Å². The Morgan fingerprint density at radius 2 is 2.18 bits per heavy atom. The molecule has 0 saturated carbocycles. The molecule has 22 heavy (non-hydrogen) atoms. The quantitative estimate of drug-likeness (QED) is 0.646. The van der Waals surface area contributed by atoms with Crippen molar-refractivity contribution in [2.24, 2.45) is 10.7 Å². The van der Waals surface area contributed by atoms with Crippen molar-refractivity contribution >= 4 is 11.7 Å². The van der Waals surface area contributed by atoms with E-state index in [0.717, 1.165) is 17.0 Å². The number of hydrogen-bond acceptors (Lipinski definition) is 5. The number of aryl methyl sites for hydroxylation is 3. The van der Waals surface area contributed by atoms with Gasteiger partial charge >= 0.3 is 0 Å². The molecule has 2 rings (SSSR count). The fourth-order valence-electron chi connectivity index (χ4n) is 1.88. The molecule has 0 bridgehead atoms. The van der Waals surface area contributed by atoms with Gasteiger partial charge in [-0.1, -0.05) is 5.16 Å². The monoisotopic (exact) mass is 302 g/mol. The summed E-state index contributed by atoms with van der Waals surface area (Å²) < 4.78 is 10.1. The van der Waals surface area contributed by atoms with Crippen molar-refractivity contribution in [1.29, 1.82) is 0 Å². The third kappa shape index (κ3) is 3.63. The third-order valence-electron chi connectivity index (χ3n) is 3.15. The van der Waals surface area contributed by atoms with Gasteiger partial charge in [0.15, 0.2) is 0 Å². The lowest BCUT2D eigenvalue weighted by atomic mass is 10.2. The molecule has 0 fully saturated rings. The third-order valence-corrected chi connectivity index (χ3v) is 3.15. The Bertz CT molecular complexity index is 705. The zero-order valence-electron chi connectivity index (χ0n) is 12.7. The van der Waals surface area contributed by atoms with Crippen molar-refractivity contribution in [2.45, 2.75) is 27.3 Å². The van der Waals surface area contributed by atoms with Crippen molar-refractivity contribution in [1.82, 2.24) is 10.5 Å². The molecule has 0 atom stereocenters. The fourth-order valence-corrected chi connectivity index (χ4v) is 1.88. The van der Waals surface area contributed by atoms with Crippen molar-refractivity contribution in [2.75, 3.05) is 0 Å². The zero-order valence-corrected chi connectivity index (χ0v) is 12.7. The van der Waals surface area contributed by atoms with Gasteiger partial charge in [0.1, 0.15) is 17.4 Å². The molecule has 116 valence electrons. The number of amides is 1. The van der Waals surface area contributed by atoms with Gasteiger partial charge in [-0.3, -0.25) is 4.79 Å². The number of nitrogens with zero attached hydrogens (tertiary/aromatic N) is 2. The Balaban J connectivity index is 1.91. The maximum Gasteiger partial charge on any atom is 0.282 e. The van der Waals surface area contributed by atoms with E-state index in [1.54, 1.807) is 19.2 Å².